The number of para-hydroxylation sites is 2. The molecule has 0 N–H and O–H groups in total. The number of amides is 2. The number of hydrogen-bond donors (Lipinski definition) is 0. The summed E-state index contributed by atoms with van der Waals surface area (Å²) in [7, 11) is 1.60. The maximum atomic E-state index is 12.6. The summed E-state index contributed by atoms with van der Waals surface area (Å²) in [5.41, 5.74) is 0.762. The number of carbonyl (C=O) groups is 2. The Labute approximate surface area is 160 Å². The number of morpholine rings is 1. The minimum absolute atomic E-state index is 0.0585. The third-order valence-corrected chi connectivity index (χ3v) is 5.39. The Bertz CT molecular complexity index is 660. The molecule has 7 nitrogen and oxygen atoms in total. The molecule has 1 atom stereocenters. The summed E-state index contributed by atoms with van der Waals surface area (Å²) in [5.74, 6) is 0.661. The number of benzene rings is 1. The van der Waals surface area contributed by atoms with Crippen LogP contribution in [0.4, 0.5) is 5.69 Å². The van der Waals surface area contributed by atoms with Gasteiger partial charge in [0.25, 0.3) is 0 Å². The first-order chi connectivity index (χ1) is 13.1. The number of nitrogens with zero attached hydrogens (tertiary/aromatic N) is 3. The highest BCUT2D eigenvalue weighted by atomic mass is 16.5. The van der Waals surface area contributed by atoms with E-state index >= 15 is 0 Å². The van der Waals surface area contributed by atoms with Crippen LogP contribution >= 0.6 is 0 Å². The predicted molar refractivity (Wildman–Crippen MR) is 103 cm³/mol. The predicted octanol–water partition coefficient (Wildman–Crippen LogP) is 1.37. The van der Waals surface area contributed by atoms with Crippen molar-refractivity contribution < 1.29 is 19.1 Å². The molecule has 1 aromatic carbocycles. The lowest BCUT2D eigenvalue weighted by molar-refractivity contribution is -0.137. The summed E-state index contributed by atoms with van der Waals surface area (Å²) >= 11 is 0. The molecular weight excluding hydrogens is 346 g/mol. The number of hydrogen-bond acceptors (Lipinski definition) is 5. The normalized spacial score (nSPS) is 19.9. The van der Waals surface area contributed by atoms with E-state index < -0.39 is 0 Å². The number of piperazine rings is 1. The average molecular weight is 375 g/mol. The van der Waals surface area contributed by atoms with Gasteiger partial charge in [-0.15, -0.1) is 0 Å². The molecule has 2 amide bonds. The van der Waals surface area contributed by atoms with Gasteiger partial charge >= 0.3 is 0 Å². The third-order valence-electron chi connectivity index (χ3n) is 5.39. The average Bonchev–Trinajstić information content (AvgIpc) is 2.72. The first-order valence-electron chi connectivity index (χ1n) is 9.63. The van der Waals surface area contributed by atoms with Gasteiger partial charge in [0.1, 0.15) is 12.3 Å². The van der Waals surface area contributed by atoms with Gasteiger partial charge in [-0.3, -0.25) is 14.5 Å². The van der Waals surface area contributed by atoms with Crippen molar-refractivity contribution >= 4 is 17.5 Å². The maximum Gasteiger partial charge on any atom is 0.246 e. The Morgan fingerprint density at radius 3 is 2.63 bits per heavy atom. The van der Waals surface area contributed by atoms with Crippen molar-refractivity contribution in [2.24, 2.45) is 0 Å². The van der Waals surface area contributed by atoms with E-state index in [2.05, 4.69) is 11.8 Å². The van der Waals surface area contributed by atoms with Gasteiger partial charge in [-0.25, -0.2) is 0 Å². The van der Waals surface area contributed by atoms with Gasteiger partial charge in [-0.1, -0.05) is 12.1 Å². The molecule has 3 rings (SSSR count). The van der Waals surface area contributed by atoms with Crippen LogP contribution in [-0.2, 0) is 14.3 Å². The maximum absolute atomic E-state index is 12.6. The van der Waals surface area contributed by atoms with Crippen molar-refractivity contribution in [2.75, 3.05) is 57.9 Å². The lowest BCUT2D eigenvalue weighted by Crippen LogP contribution is -2.52. The fourth-order valence-electron chi connectivity index (χ4n) is 3.68. The monoisotopic (exact) mass is 375 g/mol. The molecule has 2 heterocycles. The summed E-state index contributed by atoms with van der Waals surface area (Å²) in [5, 5.41) is 0. The van der Waals surface area contributed by atoms with Crippen molar-refractivity contribution in [1.82, 2.24) is 9.80 Å². The van der Waals surface area contributed by atoms with Gasteiger partial charge in [-0.05, 0) is 25.5 Å². The summed E-state index contributed by atoms with van der Waals surface area (Å²) in [6.07, 6.45) is 1.28. The van der Waals surface area contributed by atoms with E-state index in [1.165, 1.54) is 0 Å². The van der Waals surface area contributed by atoms with Gasteiger partial charge < -0.3 is 19.3 Å². The van der Waals surface area contributed by atoms with Crippen molar-refractivity contribution in [1.29, 1.82) is 0 Å². The van der Waals surface area contributed by atoms with E-state index in [1.807, 2.05) is 24.3 Å². The second-order valence-electron chi connectivity index (χ2n) is 7.07. The van der Waals surface area contributed by atoms with E-state index in [0.717, 1.165) is 38.4 Å². The molecule has 0 unspecified atom stereocenters. The van der Waals surface area contributed by atoms with E-state index in [-0.39, 0.29) is 18.4 Å². The summed E-state index contributed by atoms with van der Waals surface area (Å²) < 4.78 is 10.7. The van der Waals surface area contributed by atoms with Gasteiger partial charge in [-0.2, -0.15) is 0 Å². The highest BCUT2D eigenvalue weighted by Gasteiger charge is 2.29. The molecule has 0 radical (unpaired) electrons. The number of rotatable bonds is 6. The zero-order chi connectivity index (χ0) is 19.2. The summed E-state index contributed by atoms with van der Waals surface area (Å²) in [4.78, 5) is 31.0. The van der Waals surface area contributed by atoms with Crippen LogP contribution in [0.3, 0.4) is 0 Å². The third kappa shape index (κ3) is 4.78. The lowest BCUT2D eigenvalue weighted by atomic mass is 10.1. The minimum atomic E-state index is -0.0691. The molecule has 0 aliphatic carbocycles. The van der Waals surface area contributed by atoms with Crippen LogP contribution in [0.15, 0.2) is 24.3 Å². The van der Waals surface area contributed by atoms with E-state index in [9.17, 15) is 9.59 Å². The molecule has 2 saturated heterocycles. The molecule has 2 aliphatic rings. The molecule has 1 aromatic rings. The summed E-state index contributed by atoms with van der Waals surface area (Å²) in [6.45, 7) is 6.69. The van der Waals surface area contributed by atoms with Crippen molar-refractivity contribution in [3.8, 4) is 5.75 Å². The molecule has 0 aromatic heterocycles. The van der Waals surface area contributed by atoms with Crippen molar-refractivity contribution in [2.45, 2.75) is 25.8 Å². The zero-order valence-corrected chi connectivity index (χ0v) is 16.2. The van der Waals surface area contributed by atoms with E-state index in [4.69, 9.17) is 9.47 Å². The van der Waals surface area contributed by atoms with E-state index in [0.29, 0.717) is 31.3 Å². The van der Waals surface area contributed by atoms with Gasteiger partial charge in [0.2, 0.25) is 11.8 Å². The highest BCUT2D eigenvalue weighted by Crippen LogP contribution is 2.29. The van der Waals surface area contributed by atoms with Crippen molar-refractivity contribution in [3.63, 3.8) is 0 Å². The second-order valence-corrected chi connectivity index (χ2v) is 7.07. The van der Waals surface area contributed by atoms with Gasteiger partial charge in [0.15, 0.2) is 0 Å². The van der Waals surface area contributed by atoms with Crippen LogP contribution in [0.5, 0.6) is 5.75 Å². The molecule has 27 heavy (non-hydrogen) atoms. The number of methoxy groups -OCH3 is 1. The number of ether oxygens (including phenoxy) is 2. The Morgan fingerprint density at radius 2 is 1.93 bits per heavy atom. The fourth-order valence-corrected chi connectivity index (χ4v) is 3.68. The highest BCUT2D eigenvalue weighted by molar-refractivity contribution is 5.99. The lowest BCUT2D eigenvalue weighted by Gasteiger charge is -2.36. The summed E-state index contributed by atoms with van der Waals surface area (Å²) in [6, 6.07) is 7.83. The zero-order valence-electron chi connectivity index (χ0n) is 16.2. The second kappa shape index (κ2) is 9.19. The van der Waals surface area contributed by atoms with Crippen LogP contribution in [-0.4, -0.2) is 80.7 Å². The fraction of sp³-hybridized carbons (Fsp3) is 0.600. The Morgan fingerprint density at radius 1 is 1.19 bits per heavy atom. The minimum Gasteiger partial charge on any atom is -0.495 e. The smallest absolute Gasteiger partial charge is 0.246 e. The number of carbonyl (C=O) groups excluding carboxylic acids is 2. The van der Waals surface area contributed by atoms with E-state index in [1.54, 1.807) is 16.9 Å². The largest absolute Gasteiger partial charge is 0.495 e. The SMILES string of the molecule is COc1ccccc1N1CCN(C(=O)CC[C@@H](C)N2CCOCC2)CC1=O. The number of anilines is 1. The Hall–Kier alpha value is -2.12. The van der Waals surface area contributed by atoms with Crippen LogP contribution in [0, 0.1) is 0 Å². The molecule has 0 saturated carbocycles. The molecule has 7 heteroatoms. The van der Waals surface area contributed by atoms with Crippen LogP contribution < -0.4 is 9.64 Å². The first kappa shape index (κ1) is 19.6. The quantitative estimate of drug-likeness (QED) is 0.752. The molecule has 148 valence electrons. The standard InChI is InChI=1S/C20H29N3O4/c1-16(21-11-13-27-14-12-21)7-8-19(24)22-9-10-23(20(25)15-22)17-5-3-4-6-18(17)26-2/h3-6,16H,7-15H2,1-2H3/t16-/m1/s1. The molecular formula is C20H29N3O4. The Kier molecular flexibility index (Phi) is 6.68. The first-order valence-corrected chi connectivity index (χ1v) is 9.63. The Balaban J connectivity index is 1.51. The molecule has 2 fully saturated rings. The van der Waals surface area contributed by atoms with Gasteiger partial charge in [0, 0.05) is 38.6 Å². The molecule has 0 bridgehead atoms. The molecule has 0 spiro atoms. The topological polar surface area (TPSA) is 62.3 Å². The molecule has 2 aliphatic heterocycles. The van der Waals surface area contributed by atoms with Crippen molar-refractivity contribution in [3.05, 3.63) is 24.3 Å². The van der Waals surface area contributed by atoms with Crippen LogP contribution in [0.2, 0.25) is 0 Å². The van der Waals surface area contributed by atoms with Crippen LogP contribution in [0.1, 0.15) is 19.8 Å². The van der Waals surface area contributed by atoms with Gasteiger partial charge in [0.05, 0.1) is 26.0 Å². The van der Waals surface area contributed by atoms with Crippen LogP contribution in [0.25, 0.3) is 0 Å².